The number of aromatic nitrogens is 4. The number of rotatable bonds is 4. The summed E-state index contributed by atoms with van der Waals surface area (Å²) in [4.78, 5) is 17.5. The van der Waals surface area contributed by atoms with Crippen molar-refractivity contribution in [3.8, 4) is 22.4 Å². The van der Waals surface area contributed by atoms with E-state index in [0.29, 0.717) is 18.8 Å². The molecular weight excluding hydrogens is 369 g/mol. The summed E-state index contributed by atoms with van der Waals surface area (Å²) in [5.41, 5.74) is 4.08. The van der Waals surface area contributed by atoms with E-state index in [9.17, 15) is 9.18 Å². The maximum absolute atomic E-state index is 13.1. The summed E-state index contributed by atoms with van der Waals surface area (Å²) in [6.45, 7) is 1.17. The molecule has 1 N–H and O–H groups in total. The van der Waals surface area contributed by atoms with Crippen molar-refractivity contribution in [3.05, 3.63) is 84.6 Å². The molecule has 5 rings (SSSR count). The lowest BCUT2D eigenvalue weighted by Gasteiger charge is -2.38. The van der Waals surface area contributed by atoms with E-state index >= 15 is 0 Å². The summed E-state index contributed by atoms with van der Waals surface area (Å²) in [6.07, 6.45) is 3.68. The molecule has 1 aliphatic rings. The minimum Gasteiger partial charge on any atom is -0.357 e. The lowest BCUT2D eigenvalue weighted by atomic mass is 10.1. The van der Waals surface area contributed by atoms with Crippen molar-refractivity contribution in [1.29, 1.82) is 0 Å². The van der Waals surface area contributed by atoms with Gasteiger partial charge in [0.1, 0.15) is 17.2 Å². The Kier molecular flexibility index (Phi) is 4.20. The Labute approximate surface area is 166 Å². The van der Waals surface area contributed by atoms with Gasteiger partial charge in [0.05, 0.1) is 12.2 Å². The van der Waals surface area contributed by atoms with Crippen molar-refractivity contribution in [2.75, 3.05) is 13.1 Å². The molecule has 1 aliphatic heterocycles. The van der Waals surface area contributed by atoms with E-state index in [2.05, 4.69) is 15.3 Å². The standard InChI is InChI=1S/C22H18FN5O/c23-18-8-6-15(7-9-18)17-10-20(24-11-17)22(29)27-12-19(13-27)28-14-21(25-26-28)16-4-2-1-3-5-16/h1-11,14,19,24H,12-13H2. The Bertz CT molecular complexity index is 1140. The van der Waals surface area contributed by atoms with Gasteiger partial charge in [-0.05, 0) is 29.3 Å². The van der Waals surface area contributed by atoms with Gasteiger partial charge in [-0.25, -0.2) is 9.07 Å². The molecule has 0 atom stereocenters. The van der Waals surface area contributed by atoms with Crippen LogP contribution in [0.1, 0.15) is 16.5 Å². The summed E-state index contributed by atoms with van der Waals surface area (Å²) in [6, 6.07) is 18.0. The molecule has 1 saturated heterocycles. The average molecular weight is 387 g/mol. The smallest absolute Gasteiger partial charge is 0.270 e. The zero-order valence-corrected chi connectivity index (χ0v) is 15.5. The van der Waals surface area contributed by atoms with E-state index in [1.165, 1.54) is 12.1 Å². The third-order valence-corrected chi connectivity index (χ3v) is 5.19. The fourth-order valence-corrected chi connectivity index (χ4v) is 3.48. The van der Waals surface area contributed by atoms with Crippen molar-refractivity contribution in [3.63, 3.8) is 0 Å². The third kappa shape index (κ3) is 3.31. The van der Waals surface area contributed by atoms with E-state index in [-0.39, 0.29) is 17.8 Å². The van der Waals surface area contributed by atoms with Gasteiger partial charge in [-0.2, -0.15) is 0 Å². The Balaban J connectivity index is 1.24. The first-order valence-electron chi connectivity index (χ1n) is 9.38. The van der Waals surface area contributed by atoms with Gasteiger partial charge in [-0.3, -0.25) is 4.79 Å². The maximum Gasteiger partial charge on any atom is 0.270 e. The number of benzene rings is 2. The van der Waals surface area contributed by atoms with E-state index < -0.39 is 0 Å². The van der Waals surface area contributed by atoms with E-state index in [4.69, 9.17) is 0 Å². The number of H-pyrrole nitrogens is 1. The molecule has 0 radical (unpaired) electrons. The van der Waals surface area contributed by atoms with Crippen LogP contribution in [-0.4, -0.2) is 43.9 Å². The van der Waals surface area contributed by atoms with E-state index in [1.54, 1.807) is 29.3 Å². The molecule has 0 saturated carbocycles. The number of nitrogens with zero attached hydrogens (tertiary/aromatic N) is 4. The second-order valence-electron chi connectivity index (χ2n) is 7.12. The lowest BCUT2D eigenvalue weighted by molar-refractivity contribution is 0.0493. The number of halogens is 1. The summed E-state index contributed by atoms with van der Waals surface area (Å²) in [5.74, 6) is -0.339. The number of likely N-dealkylation sites (tertiary alicyclic amines) is 1. The summed E-state index contributed by atoms with van der Waals surface area (Å²) >= 11 is 0. The van der Waals surface area contributed by atoms with Gasteiger partial charge in [-0.15, -0.1) is 5.10 Å². The quantitative estimate of drug-likeness (QED) is 0.580. The molecular formula is C22H18FN5O. The first-order valence-corrected chi connectivity index (χ1v) is 9.38. The van der Waals surface area contributed by atoms with Crippen molar-refractivity contribution in [1.82, 2.24) is 24.9 Å². The number of hydrogen-bond acceptors (Lipinski definition) is 3. The highest BCUT2D eigenvalue weighted by molar-refractivity contribution is 5.94. The first-order chi connectivity index (χ1) is 14.2. The highest BCUT2D eigenvalue weighted by atomic mass is 19.1. The molecule has 3 heterocycles. The van der Waals surface area contributed by atoms with Crippen LogP contribution in [0.25, 0.3) is 22.4 Å². The minimum atomic E-state index is -0.282. The monoisotopic (exact) mass is 387 g/mol. The van der Waals surface area contributed by atoms with Gasteiger partial charge < -0.3 is 9.88 Å². The van der Waals surface area contributed by atoms with Crippen LogP contribution in [0, 0.1) is 5.82 Å². The fourth-order valence-electron chi connectivity index (χ4n) is 3.48. The molecule has 2 aromatic heterocycles. The van der Waals surface area contributed by atoms with Crippen LogP contribution < -0.4 is 0 Å². The molecule has 29 heavy (non-hydrogen) atoms. The van der Waals surface area contributed by atoms with Gasteiger partial charge in [-0.1, -0.05) is 47.7 Å². The van der Waals surface area contributed by atoms with Crippen molar-refractivity contribution < 1.29 is 9.18 Å². The van der Waals surface area contributed by atoms with Crippen LogP contribution in [0.15, 0.2) is 73.1 Å². The molecule has 144 valence electrons. The van der Waals surface area contributed by atoms with Crippen LogP contribution in [0.2, 0.25) is 0 Å². The molecule has 0 spiro atoms. The van der Waals surface area contributed by atoms with Crippen LogP contribution in [0.3, 0.4) is 0 Å². The average Bonchev–Trinajstić information content (AvgIpc) is 3.38. The van der Waals surface area contributed by atoms with Crippen LogP contribution >= 0.6 is 0 Å². The zero-order valence-electron chi connectivity index (χ0n) is 15.5. The Hall–Kier alpha value is -3.74. The fraction of sp³-hybridized carbons (Fsp3) is 0.136. The second kappa shape index (κ2) is 7.01. The predicted molar refractivity (Wildman–Crippen MR) is 107 cm³/mol. The third-order valence-electron chi connectivity index (χ3n) is 5.19. The molecule has 1 amide bonds. The normalized spacial score (nSPS) is 14.0. The van der Waals surface area contributed by atoms with Crippen LogP contribution in [0.5, 0.6) is 0 Å². The summed E-state index contributed by atoms with van der Waals surface area (Å²) in [7, 11) is 0. The minimum absolute atomic E-state index is 0.0574. The summed E-state index contributed by atoms with van der Waals surface area (Å²) in [5, 5.41) is 8.46. The zero-order chi connectivity index (χ0) is 19.8. The van der Waals surface area contributed by atoms with Gasteiger partial charge in [0, 0.05) is 24.8 Å². The Morgan fingerprint density at radius 1 is 1.00 bits per heavy atom. The highest BCUT2D eigenvalue weighted by Gasteiger charge is 2.34. The first kappa shape index (κ1) is 17.4. The highest BCUT2D eigenvalue weighted by Crippen LogP contribution is 2.26. The number of hydrogen-bond donors (Lipinski definition) is 1. The Morgan fingerprint density at radius 2 is 1.76 bits per heavy atom. The van der Waals surface area contributed by atoms with Crippen molar-refractivity contribution >= 4 is 5.91 Å². The molecule has 0 bridgehead atoms. The van der Waals surface area contributed by atoms with Crippen LogP contribution in [0.4, 0.5) is 4.39 Å². The summed E-state index contributed by atoms with van der Waals surface area (Å²) < 4.78 is 14.9. The predicted octanol–water partition coefficient (Wildman–Crippen LogP) is 3.78. The lowest BCUT2D eigenvalue weighted by Crippen LogP contribution is -2.51. The SMILES string of the molecule is O=C(c1cc(-c2ccc(F)cc2)c[nH]1)N1CC(n2cc(-c3ccccc3)nn2)C1. The molecule has 0 aliphatic carbocycles. The Morgan fingerprint density at radius 3 is 2.52 bits per heavy atom. The number of amides is 1. The number of carbonyl (C=O) groups is 1. The largest absolute Gasteiger partial charge is 0.357 e. The molecule has 0 unspecified atom stereocenters. The van der Waals surface area contributed by atoms with Gasteiger partial charge in [0.2, 0.25) is 0 Å². The van der Waals surface area contributed by atoms with Crippen molar-refractivity contribution in [2.24, 2.45) is 0 Å². The second-order valence-corrected chi connectivity index (χ2v) is 7.12. The van der Waals surface area contributed by atoms with Crippen LogP contribution in [-0.2, 0) is 0 Å². The van der Waals surface area contributed by atoms with Gasteiger partial charge >= 0.3 is 0 Å². The molecule has 4 aromatic rings. The topological polar surface area (TPSA) is 66.8 Å². The molecule has 7 heteroatoms. The van der Waals surface area contributed by atoms with Gasteiger partial charge in [0.15, 0.2) is 0 Å². The number of carbonyl (C=O) groups excluding carboxylic acids is 1. The molecule has 1 fully saturated rings. The maximum atomic E-state index is 13.1. The van der Waals surface area contributed by atoms with E-state index in [0.717, 1.165) is 22.4 Å². The van der Waals surface area contributed by atoms with E-state index in [1.807, 2.05) is 41.2 Å². The van der Waals surface area contributed by atoms with Gasteiger partial charge in [0.25, 0.3) is 5.91 Å². The molecule has 2 aromatic carbocycles. The van der Waals surface area contributed by atoms with Crippen molar-refractivity contribution in [2.45, 2.75) is 6.04 Å². The number of aromatic amines is 1. The molecule has 6 nitrogen and oxygen atoms in total. The number of nitrogens with one attached hydrogen (secondary N) is 1.